The van der Waals surface area contributed by atoms with Crippen molar-refractivity contribution >= 4 is 26.9 Å². The van der Waals surface area contributed by atoms with Gasteiger partial charge in [0.15, 0.2) is 0 Å². The van der Waals surface area contributed by atoms with Crippen molar-refractivity contribution in [3.05, 3.63) is 114 Å². The van der Waals surface area contributed by atoms with Crippen LogP contribution in [0, 0.1) is 5.92 Å². The largest absolute Gasteiger partial charge is 0.465 e. The fourth-order valence-corrected chi connectivity index (χ4v) is 7.79. The zero-order valence-corrected chi connectivity index (χ0v) is 27.0. The molecule has 0 saturated carbocycles. The van der Waals surface area contributed by atoms with Crippen LogP contribution in [0.3, 0.4) is 0 Å². The van der Waals surface area contributed by atoms with E-state index in [1.807, 2.05) is 48.5 Å². The SMILES string of the molecule is CN(CC(CCN1CCC(CCCN(Cc2cccc3ccccc23)C(=O)O)CC1)c1ccccc1)S(=O)(=O)c1ccccc1. The Balaban J connectivity index is 1.10. The number of likely N-dealkylation sites (tertiary alicyclic amines) is 1. The van der Waals surface area contributed by atoms with Gasteiger partial charge in [0.25, 0.3) is 0 Å². The van der Waals surface area contributed by atoms with E-state index in [9.17, 15) is 18.3 Å². The molecule has 45 heavy (non-hydrogen) atoms. The molecule has 1 amide bonds. The lowest BCUT2D eigenvalue weighted by atomic mass is 9.91. The standard InChI is InChI=1S/C37H45N3O4S/c1-38(45(43,44)35-18-6-3-7-19-35)28-33(31-13-4-2-5-14-31)23-27-39-25-21-30(22-26-39)12-11-24-40(37(41)42)29-34-17-10-16-32-15-8-9-20-36(32)34/h2-10,13-20,30,33H,11-12,21-29H2,1H3,(H,41,42). The lowest BCUT2D eigenvalue weighted by Gasteiger charge is -2.33. The average Bonchev–Trinajstić information content (AvgIpc) is 3.07. The molecule has 4 aromatic carbocycles. The van der Waals surface area contributed by atoms with Crippen LogP contribution in [-0.2, 0) is 16.6 Å². The molecule has 1 N–H and O–H groups in total. The number of rotatable bonds is 14. The maximum atomic E-state index is 13.2. The molecule has 1 fully saturated rings. The van der Waals surface area contributed by atoms with E-state index in [4.69, 9.17) is 0 Å². The molecule has 1 aliphatic heterocycles. The molecule has 0 bridgehead atoms. The Labute approximate surface area is 268 Å². The van der Waals surface area contributed by atoms with E-state index >= 15 is 0 Å². The minimum Gasteiger partial charge on any atom is -0.465 e. The first kappa shape index (κ1) is 32.7. The van der Waals surface area contributed by atoms with Crippen molar-refractivity contribution in [1.29, 1.82) is 0 Å². The van der Waals surface area contributed by atoms with E-state index in [1.54, 1.807) is 36.2 Å². The number of amides is 1. The molecule has 0 spiro atoms. The molecule has 1 aliphatic rings. The first-order chi connectivity index (χ1) is 21.8. The summed E-state index contributed by atoms with van der Waals surface area (Å²) in [6, 6.07) is 33.1. The lowest BCUT2D eigenvalue weighted by molar-refractivity contribution is 0.137. The van der Waals surface area contributed by atoms with Crippen molar-refractivity contribution in [2.45, 2.75) is 49.5 Å². The van der Waals surface area contributed by atoms with Gasteiger partial charge in [-0.3, -0.25) is 0 Å². The maximum absolute atomic E-state index is 13.2. The lowest BCUT2D eigenvalue weighted by Crippen LogP contribution is -2.37. The van der Waals surface area contributed by atoms with Crippen LogP contribution < -0.4 is 0 Å². The van der Waals surface area contributed by atoms with Gasteiger partial charge in [0.1, 0.15) is 0 Å². The number of nitrogens with zero attached hydrogens (tertiary/aromatic N) is 3. The molecule has 1 unspecified atom stereocenters. The van der Waals surface area contributed by atoms with E-state index < -0.39 is 16.1 Å². The van der Waals surface area contributed by atoms with E-state index in [-0.39, 0.29) is 5.92 Å². The summed E-state index contributed by atoms with van der Waals surface area (Å²) >= 11 is 0. The van der Waals surface area contributed by atoms with E-state index in [0.717, 1.165) is 73.6 Å². The Kier molecular flexibility index (Phi) is 11.3. The summed E-state index contributed by atoms with van der Waals surface area (Å²) in [5, 5.41) is 12.1. The Hall–Kier alpha value is -3.72. The number of hydrogen-bond donors (Lipinski definition) is 1. The molecule has 0 radical (unpaired) electrons. The predicted molar refractivity (Wildman–Crippen MR) is 181 cm³/mol. The normalized spacial score (nSPS) is 15.3. The number of piperidine rings is 1. The summed E-state index contributed by atoms with van der Waals surface area (Å²) in [6.45, 7) is 4.32. The van der Waals surface area contributed by atoms with Gasteiger partial charge in [0.2, 0.25) is 10.0 Å². The zero-order valence-electron chi connectivity index (χ0n) is 26.2. The fourth-order valence-electron chi connectivity index (χ4n) is 6.56. The van der Waals surface area contributed by atoms with Crippen molar-refractivity contribution in [3.8, 4) is 0 Å². The Morgan fingerprint density at radius 2 is 1.53 bits per heavy atom. The summed E-state index contributed by atoms with van der Waals surface area (Å²) in [5.74, 6) is 0.692. The number of likely N-dealkylation sites (N-methyl/N-ethyl adjacent to an activating group) is 1. The van der Waals surface area contributed by atoms with Gasteiger partial charge in [0, 0.05) is 26.7 Å². The Morgan fingerprint density at radius 1 is 0.889 bits per heavy atom. The van der Waals surface area contributed by atoms with Gasteiger partial charge in [-0.2, -0.15) is 0 Å². The number of fused-ring (bicyclic) bond motifs is 1. The smallest absolute Gasteiger partial charge is 0.407 e. The molecule has 8 heteroatoms. The van der Waals surface area contributed by atoms with Crippen LogP contribution in [0.1, 0.15) is 49.1 Å². The highest BCUT2D eigenvalue weighted by molar-refractivity contribution is 7.89. The predicted octanol–water partition coefficient (Wildman–Crippen LogP) is 7.31. The molecule has 0 aliphatic carbocycles. The maximum Gasteiger partial charge on any atom is 0.407 e. The third kappa shape index (κ3) is 8.72. The summed E-state index contributed by atoms with van der Waals surface area (Å²) in [7, 11) is -1.88. The second-order valence-corrected chi connectivity index (χ2v) is 14.3. The van der Waals surface area contributed by atoms with Crippen LogP contribution in [0.15, 0.2) is 108 Å². The van der Waals surface area contributed by atoms with E-state index in [2.05, 4.69) is 35.2 Å². The van der Waals surface area contributed by atoms with E-state index in [0.29, 0.717) is 30.4 Å². The summed E-state index contributed by atoms with van der Waals surface area (Å²) < 4.78 is 28.0. The van der Waals surface area contributed by atoms with Crippen molar-refractivity contribution in [2.24, 2.45) is 5.92 Å². The average molecular weight is 628 g/mol. The van der Waals surface area contributed by atoms with Crippen LogP contribution in [0.2, 0.25) is 0 Å². The molecule has 5 rings (SSSR count). The quantitative estimate of drug-likeness (QED) is 0.159. The van der Waals surface area contributed by atoms with Crippen molar-refractivity contribution in [2.75, 3.05) is 39.8 Å². The highest BCUT2D eigenvalue weighted by Crippen LogP contribution is 2.27. The van der Waals surface area contributed by atoms with Gasteiger partial charge in [-0.15, -0.1) is 0 Å². The van der Waals surface area contributed by atoms with Gasteiger partial charge in [-0.25, -0.2) is 17.5 Å². The van der Waals surface area contributed by atoms with Crippen LogP contribution in [0.25, 0.3) is 10.8 Å². The van der Waals surface area contributed by atoms with Crippen LogP contribution >= 0.6 is 0 Å². The van der Waals surface area contributed by atoms with Crippen molar-refractivity contribution < 1.29 is 18.3 Å². The summed E-state index contributed by atoms with van der Waals surface area (Å²) in [4.78, 5) is 16.4. The van der Waals surface area contributed by atoms with Gasteiger partial charge in [-0.05, 0) is 97.6 Å². The molecular weight excluding hydrogens is 582 g/mol. The molecular formula is C37H45N3O4S. The highest BCUT2D eigenvalue weighted by atomic mass is 32.2. The zero-order chi connectivity index (χ0) is 31.6. The second kappa shape index (κ2) is 15.5. The number of benzene rings is 4. The summed E-state index contributed by atoms with van der Waals surface area (Å²) in [6.07, 6.45) is 4.11. The minimum atomic E-state index is -3.56. The van der Waals surface area contributed by atoms with Crippen LogP contribution in [0.4, 0.5) is 4.79 Å². The van der Waals surface area contributed by atoms with Crippen LogP contribution in [0.5, 0.6) is 0 Å². The first-order valence-electron chi connectivity index (χ1n) is 16.0. The Bertz CT molecular complexity index is 1620. The van der Waals surface area contributed by atoms with Crippen molar-refractivity contribution in [1.82, 2.24) is 14.1 Å². The minimum absolute atomic E-state index is 0.0937. The van der Waals surface area contributed by atoms with Gasteiger partial charge >= 0.3 is 6.09 Å². The number of hydrogen-bond acceptors (Lipinski definition) is 4. The van der Waals surface area contributed by atoms with Crippen LogP contribution in [-0.4, -0.2) is 73.5 Å². The highest BCUT2D eigenvalue weighted by Gasteiger charge is 2.26. The molecule has 1 heterocycles. The molecule has 4 aromatic rings. The molecule has 1 atom stereocenters. The molecule has 238 valence electrons. The molecule has 0 aromatic heterocycles. The third-order valence-corrected chi connectivity index (χ3v) is 11.1. The number of carboxylic acid groups (broad SMARTS) is 1. The monoisotopic (exact) mass is 627 g/mol. The van der Waals surface area contributed by atoms with E-state index in [1.165, 1.54) is 4.31 Å². The summed E-state index contributed by atoms with van der Waals surface area (Å²) in [5.41, 5.74) is 2.20. The molecule has 1 saturated heterocycles. The van der Waals surface area contributed by atoms with Gasteiger partial charge < -0.3 is 14.9 Å². The topological polar surface area (TPSA) is 81.2 Å². The number of carbonyl (C=O) groups is 1. The third-order valence-electron chi connectivity index (χ3n) is 9.25. The second-order valence-electron chi connectivity index (χ2n) is 12.3. The Morgan fingerprint density at radius 3 is 2.24 bits per heavy atom. The van der Waals surface area contributed by atoms with Gasteiger partial charge in [0.05, 0.1) is 4.90 Å². The van der Waals surface area contributed by atoms with Crippen molar-refractivity contribution in [3.63, 3.8) is 0 Å². The first-order valence-corrected chi connectivity index (χ1v) is 17.5. The van der Waals surface area contributed by atoms with Gasteiger partial charge in [-0.1, -0.05) is 91.0 Å². The fraction of sp³-hybridized carbons (Fsp3) is 0.378. The number of sulfonamides is 1. The molecule has 7 nitrogen and oxygen atoms in total.